The van der Waals surface area contributed by atoms with Crippen LogP contribution in [0.5, 0.6) is 0 Å². The summed E-state index contributed by atoms with van der Waals surface area (Å²) < 4.78 is 26.9. The van der Waals surface area contributed by atoms with Gasteiger partial charge in [-0.3, -0.25) is 4.79 Å². The average Bonchev–Trinajstić information content (AvgIpc) is 3.22. The zero-order valence-electron chi connectivity index (χ0n) is 16.5. The number of halogens is 3. The molecule has 1 aliphatic rings. The molecule has 0 radical (unpaired) electrons. The van der Waals surface area contributed by atoms with Crippen molar-refractivity contribution in [2.24, 2.45) is 5.16 Å². The number of carbonyl (C=O) groups is 1. The second kappa shape index (κ2) is 9.27. The quantitative estimate of drug-likeness (QED) is 0.511. The van der Waals surface area contributed by atoms with Crippen LogP contribution in [-0.4, -0.2) is 29.2 Å². The van der Waals surface area contributed by atoms with Crippen molar-refractivity contribution in [3.63, 3.8) is 0 Å². The Labute approximate surface area is 183 Å². The van der Waals surface area contributed by atoms with E-state index in [2.05, 4.69) is 5.16 Å². The maximum atomic E-state index is 13.7. The third-order valence-electron chi connectivity index (χ3n) is 4.96. The Hall–Kier alpha value is -3.25. The number of rotatable bonds is 6. The van der Waals surface area contributed by atoms with Gasteiger partial charge in [0.25, 0.3) is 5.91 Å². The lowest BCUT2D eigenvalue weighted by atomic mass is 10.0. The molecule has 1 unspecified atom stereocenters. The van der Waals surface area contributed by atoms with Gasteiger partial charge in [0, 0.05) is 23.6 Å². The van der Waals surface area contributed by atoms with Crippen LogP contribution >= 0.6 is 11.6 Å². The summed E-state index contributed by atoms with van der Waals surface area (Å²) >= 11 is 6.09. The second-order valence-electron chi connectivity index (χ2n) is 7.30. The molecule has 1 aliphatic heterocycles. The lowest BCUT2D eigenvalue weighted by Crippen LogP contribution is -2.37. The van der Waals surface area contributed by atoms with E-state index < -0.39 is 5.82 Å². The van der Waals surface area contributed by atoms with E-state index in [-0.39, 0.29) is 36.5 Å². The molecule has 3 aromatic rings. The van der Waals surface area contributed by atoms with Gasteiger partial charge in [-0.05, 0) is 53.6 Å². The molecule has 0 saturated carbocycles. The molecule has 0 bridgehead atoms. The van der Waals surface area contributed by atoms with E-state index in [4.69, 9.17) is 16.4 Å². The van der Waals surface area contributed by atoms with Gasteiger partial charge in [0.2, 0.25) is 0 Å². The van der Waals surface area contributed by atoms with Crippen LogP contribution in [0.1, 0.15) is 27.9 Å². The van der Waals surface area contributed by atoms with Crippen molar-refractivity contribution in [3.8, 4) is 0 Å². The molecule has 1 atom stereocenters. The fourth-order valence-electron chi connectivity index (χ4n) is 3.46. The fraction of sp³-hybridized carbons (Fsp3) is 0.167. The van der Waals surface area contributed by atoms with E-state index in [0.29, 0.717) is 17.2 Å². The molecule has 0 saturated heterocycles. The highest BCUT2D eigenvalue weighted by Crippen LogP contribution is 2.21. The Morgan fingerprint density at radius 1 is 1.03 bits per heavy atom. The summed E-state index contributed by atoms with van der Waals surface area (Å²) in [7, 11) is 0. The standard InChI is InChI=1S/C24H19ClF2N2O2/c25-19-5-1-3-16(11-19)14-29(24(30)18-4-2-6-21(27)12-18)15-22-13-23(28-31-22)17-7-9-20(26)10-8-17/h1-12,22H,13-15H2. The van der Waals surface area contributed by atoms with E-state index in [0.717, 1.165) is 11.1 Å². The molecule has 0 fully saturated rings. The highest BCUT2D eigenvalue weighted by molar-refractivity contribution is 6.30. The fourth-order valence-corrected chi connectivity index (χ4v) is 3.68. The number of amides is 1. The number of hydrogen-bond donors (Lipinski definition) is 0. The topological polar surface area (TPSA) is 41.9 Å². The van der Waals surface area contributed by atoms with Crippen LogP contribution < -0.4 is 0 Å². The highest BCUT2D eigenvalue weighted by atomic mass is 35.5. The summed E-state index contributed by atoms with van der Waals surface area (Å²) in [4.78, 5) is 20.3. The Bertz CT molecular complexity index is 1120. The minimum atomic E-state index is -0.479. The summed E-state index contributed by atoms with van der Waals surface area (Å²) in [6, 6.07) is 18.8. The van der Waals surface area contributed by atoms with Crippen molar-refractivity contribution in [1.82, 2.24) is 4.90 Å². The number of carbonyl (C=O) groups excluding carboxylic acids is 1. The maximum absolute atomic E-state index is 13.7. The molecule has 0 spiro atoms. The molecule has 1 amide bonds. The molecule has 4 nitrogen and oxygen atoms in total. The Morgan fingerprint density at radius 3 is 2.55 bits per heavy atom. The van der Waals surface area contributed by atoms with Crippen molar-refractivity contribution in [1.29, 1.82) is 0 Å². The molecule has 1 heterocycles. The molecular formula is C24H19ClF2N2O2. The van der Waals surface area contributed by atoms with Gasteiger partial charge in [-0.1, -0.05) is 47.1 Å². The van der Waals surface area contributed by atoms with Crippen molar-refractivity contribution in [3.05, 3.63) is 106 Å². The molecule has 3 aromatic carbocycles. The van der Waals surface area contributed by atoms with E-state index >= 15 is 0 Å². The van der Waals surface area contributed by atoms with Crippen LogP contribution in [-0.2, 0) is 11.4 Å². The number of nitrogens with zero attached hydrogens (tertiary/aromatic N) is 2. The highest BCUT2D eigenvalue weighted by Gasteiger charge is 2.27. The van der Waals surface area contributed by atoms with Gasteiger partial charge in [0.05, 0.1) is 12.3 Å². The second-order valence-corrected chi connectivity index (χ2v) is 7.74. The first-order chi connectivity index (χ1) is 15.0. The molecule has 31 heavy (non-hydrogen) atoms. The van der Waals surface area contributed by atoms with Crippen LogP contribution in [0.2, 0.25) is 5.02 Å². The third kappa shape index (κ3) is 5.27. The molecular weight excluding hydrogens is 422 g/mol. The predicted molar refractivity (Wildman–Crippen MR) is 115 cm³/mol. The first kappa shape index (κ1) is 21.0. The number of oxime groups is 1. The minimum absolute atomic E-state index is 0.246. The van der Waals surface area contributed by atoms with Gasteiger partial charge in [0.15, 0.2) is 6.10 Å². The van der Waals surface area contributed by atoms with Crippen molar-refractivity contribution < 1.29 is 18.4 Å². The lowest BCUT2D eigenvalue weighted by molar-refractivity contribution is 0.0405. The maximum Gasteiger partial charge on any atom is 0.254 e. The van der Waals surface area contributed by atoms with Crippen LogP contribution in [0.4, 0.5) is 8.78 Å². The smallest absolute Gasteiger partial charge is 0.254 e. The summed E-state index contributed by atoms with van der Waals surface area (Å²) in [6.07, 6.45) is 0.0884. The van der Waals surface area contributed by atoms with Gasteiger partial charge in [-0.2, -0.15) is 0 Å². The molecule has 0 aliphatic carbocycles. The van der Waals surface area contributed by atoms with Crippen LogP contribution in [0.25, 0.3) is 0 Å². The van der Waals surface area contributed by atoms with Gasteiger partial charge in [-0.25, -0.2) is 8.78 Å². The summed E-state index contributed by atoms with van der Waals surface area (Å²) in [6.45, 7) is 0.525. The van der Waals surface area contributed by atoms with E-state index in [9.17, 15) is 13.6 Å². The summed E-state index contributed by atoms with van der Waals surface area (Å²) in [5.74, 6) is -1.13. The zero-order valence-corrected chi connectivity index (χ0v) is 17.2. The van der Waals surface area contributed by atoms with Crippen molar-refractivity contribution >= 4 is 23.2 Å². The van der Waals surface area contributed by atoms with Gasteiger partial charge in [-0.15, -0.1) is 0 Å². The van der Waals surface area contributed by atoms with Crippen LogP contribution in [0.15, 0.2) is 78.0 Å². The molecule has 158 valence electrons. The molecule has 7 heteroatoms. The van der Waals surface area contributed by atoms with E-state index in [1.807, 2.05) is 12.1 Å². The van der Waals surface area contributed by atoms with E-state index in [1.165, 1.54) is 30.3 Å². The summed E-state index contributed by atoms with van der Waals surface area (Å²) in [5, 5.41) is 4.68. The van der Waals surface area contributed by atoms with Crippen LogP contribution in [0.3, 0.4) is 0 Å². The molecule has 4 rings (SSSR count). The normalized spacial score (nSPS) is 15.3. The summed E-state index contributed by atoms with van der Waals surface area (Å²) in [5.41, 5.74) is 2.54. The monoisotopic (exact) mass is 440 g/mol. The first-order valence-electron chi connectivity index (χ1n) is 9.76. The SMILES string of the molecule is O=C(c1cccc(F)c1)N(Cc1cccc(Cl)c1)CC1CC(c2ccc(F)cc2)=NO1. The van der Waals surface area contributed by atoms with Gasteiger partial charge >= 0.3 is 0 Å². The molecule has 0 N–H and O–H groups in total. The Balaban J connectivity index is 1.52. The number of benzene rings is 3. The Kier molecular flexibility index (Phi) is 6.28. The van der Waals surface area contributed by atoms with Crippen molar-refractivity contribution in [2.75, 3.05) is 6.54 Å². The zero-order chi connectivity index (χ0) is 21.8. The predicted octanol–water partition coefficient (Wildman–Crippen LogP) is 5.45. The third-order valence-corrected chi connectivity index (χ3v) is 5.19. The largest absolute Gasteiger partial charge is 0.390 e. The average molecular weight is 441 g/mol. The lowest BCUT2D eigenvalue weighted by Gasteiger charge is -2.25. The number of hydrogen-bond acceptors (Lipinski definition) is 3. The van der Waals surface area contributed by atoms with Crippen molar-refractivity contribution in [2.45, 2.75) is 19.1 Å². The Morgan fingerprint density at radius 2 is 1.81 bits per heavy atom. The first-order valence-corrected chi connectivity index (χ1v) is 10.1. The van der Waals surface area contributed by atoms with Gasteiger partial charge in [0.1, 0.15) is 11.6 Å². The minimum Gasteiger partial charge on any atom is -0.390 e. The van der Waals surface area contributed by atoms with Crippen LogP contribution in [0, 0.1) is 11.6 Å². The van der Waals surface area contributed by atoms with E-state index in [1.54, 1.807) is 35.2 Å². The van der Waals surface area contributed by atoms with Gasteiger partial charge < -0.3 is 9.74 Å². The molecule has 0 aromatic heterocycles.